The molecular formula is C18H21NO3. The van der Waals surface area contributed by atoms with E-state index in [0.29, 0.717) is 0 Å². The molecule has 0 aromatic heterocycles. The zero-order valence-electron chi connectivity index (χ0n) is 12.9. The molecule has 0 aliphatic carbocycles. The van der Waals surface area contributed by atoms with Crippen LogP contribution in [0.5, 0.6) is 0 Å². The molecule has 2 aromatic carbocycles. The van der Waals surface area contributed by atoms with Crippen LogP contribution >= 0.6 is 0 Å². The standard InChI is InChI=1S/C18H21NO3/c1-3-12(2)18(22)19-16(11-17(20)21)15-9-8-13-6-4-5-7-14(13)10-15/h4-10,12,16H,3,11H2,1-2H3,(H,19,22)(H,20,21)/t12?,16-/m0/s1. The maximum atomic E-state index is 12.1. The third-order valence-electron chi connectivity index (χ3n) is 3.93. The van der Waals surface area contributed by atoms with E-state index >= 15 is 0 Å². The second kappa shape index (κ2) is 7.07. The molecular weight excluding hydrogens is 278 g/mol. The van der Waals surface area contributed by atoms with Crippen molar-refractivity contribution in [3.63, 3.8) is 0 Å². The molecule has 1 amide bonds. The molecule has 0 aliphatic rings. The SMILES string of the molecule is CCC(C)C(=O)N[C@@H](CC(=O)O)c1ccc2ccccc2c1. The predicted octanol–water partition coefficient (Wildman–Crippen LogP) is 3.52. The number of amides is 1. The summed E-state index contributed by atoms with van der Waals surface area (Å²) < 4.78 is 0. The Morgan fingerprint density at radius 3 is 2.45 bits per heavy atom. The van der Waals surface area contributed by atoms with Gasteiger partial charge in [-0.3, -0.25) is 9.59 Å². The lowest BCUT2D eigenvalue weighted by Gasteiger charge is -2.20. The average Bonchev–Trinajstić information content (AvgIpc) is 2.52. The van der Waals surface area contributed by atoms with E-state index in [1.54, 1.807) is 0 Å². The summed E-state index contributed by atoms with van der Waals surface area (Å²) in [5, 5.41) is 14.1. The Labute approximate surface area is 130 Å². The number of carbonyl (C=O) groups excluding carboxylic acids is 1. The van der Waals surface area contributed by atoms with Crippen LogP contribution in [0.4, 0.5) is 0 Å². The molecule has 0 radical (unpaired) electrons. The summed E-state index contributed by atoms with van der Waals surface area (Å²) >= 11 is 0. The van der Waals surface area contributed by atoms with Crippen LogP contribution in [0.3, 0.4) is 0 Å². The normalized spacial score (nSPS) is 13.5. The molecule has 116 valence electrons. The summed E-state index contributed by atoms with van der Waals surface area (Å²) in [7, 11) is 0. The molecule has 4 heteroatoms. The van der Waals surface area contributed by atoms with Crippen LogP contribution in [-0.2, 0) is 9.59 Å². The smallest absolute Gasteiger partial charge is 0.305 e. The summed E-state index contributed by atoms with van der Waals surface area (Å²) in [4.78, 5) is 23.2. The third kappa shape index (κ3) is 3.85. The number of nitrogens with one attached hydrogen (secondary N) is 1. The Balaban J connectivity index is 2.30. The van der Waals surface area contributed by atoms with Gasteiger partial charge in [0, 0.05) is 5.92 Å². The molecule has 1 unspecified atom stereocenters. The van der Waals surface area contributed by atoms with E-state index in [2.05, 4.69) is 5.32 Å². The first kappa shape index (κ1) is 16.0. The number of rotatable bonds is 6. The van der Waals surface area contributed by atoms with Gasteiger partial charge in [-0.2, -0.15) is 0 Å². The Bertz CT molecular complexity index is 681. The number of carboxylic acids is 1. The van der Waals surface area contributed by atoms with Gasteiger partial charge in [-0.15, -0.1) is 0 Å². The minimum atomic E-state index is -0.928. The summed E-state index contributed by atoms with van der Waals surface area (Å²) in [5.74, 6) is -1.17. The van der Waals surface area contributed by atoms with E-state index in [-0.39, 0.29) is 18.2 Å². The van der Waals surface area contributed by atoms with Crippen LogP contribution in [0.15, 0.2) is 42.5 Å². The number of carbonyl (C=O) groups is 2. The number of hydrogen-bond donors (Lipinski definition) is 2. The van der Waals surface area contributed by atoms with Gasteiger partial charge in [-0.05, 0) is 28.8 Å². The van der Waals surface area contributed by atoms with Crippen molar-refractivity contribution in [1.29, 1.82) is 0 Å². The fraction of sp³-hybridized carbons (Fsp3) is 0.333. The second-order valence-corrected chi connectivity index (χ2v) is 5.57. The number of carboxylic acid groups (broad SMARTS) is 1. The topological polar surface area (TPSA) is 66.4 Å². The van der Waals surface area contributed by atoms with Gasteiger partial charge >= 0.3 is 5.97 Å². The summed E-state index contributed by atoms with van der Waals surface area (Å²) in [6, 6.07) is 13.2. The molecule has 0 saturated heterocycles. The zero-order chi connectivity index (χ0) is 16.1. The largest absolute Gasteiger partial charge is 0.481 e. The van der Waals surface area contributed by atoms with Crippen LogP contribution in [0.1, 0.15) is 38.3 Å². The number of hydrogen-bond acceptors (Lipinski definition) is 2. The lowest BCUT2D eigenvalue weighted by atomic mass is 9.98. The number of benzene rings is 2. The van der Waals surface area contributed by atoms with Crippen molar-refractivity contribution >= 4 is 22.6 Å². The molecule has 22 heavy (non-hydrogen) atoms. The minimum Gasteiger partial charge on any atom is -0.481 e. The first-order chi connectivity index (χ1) is 10.5. The lowest BCUT2D eigenvalue weighted by molar-refractivity contribution is -0.137. The van der Waals surface area contributed by atoms with Gasteiger partial charge < -0.3 is 10.4 Å². The molecule has 0 saturated carbocycles. The second-order valence-electron chi connectivity index (χ2n) is 5.57. The van der Waals surface area contributed by atoms with Gasteiger partial charge in [-0.1, -0.05) is 50.2 Å². The maximum Gasteiger partial charge on any atom is 0.305 e. The molecule has 4 nitrogen and oxygen atoms in total. The highest BCUT2D eigenvalue weighted by Gasteiger charge is 2.20. The number of aliphatic carboxylic acids is 1. The van der Waals surface area contributed by atoms with Crippen molar-refractivity contribution < 1.29 is 14.7 Å². The lowest BCUT2D eigenvalue weighted by Crippen LogP contribution is -2.33. The first-order valence-electron chi connectivity index (χ1n) is 7.52. The van der Waals surface area contributed by atoms with E-state index in [9.17, 15) is 9.59 Å². The van der Waals surface area contributed by atoms with Gasteiger partial charge in [0.15, 0.2) is 0 Å². The molecule has 0 fully saturated rings. The zero-order valence-corrected chi connectivity index (χ0v) is 12.9. The minimum absolute atomic E-state index is 0.109. The van der Waals surface area contributed by atoms with E-state index in [1.165, 1.54) is 0 Å². The van der Waals surface area contributed by atoms with E-state index in [4.69, 9.17) is 5.11 Å². The van der Waals surface area contributed by atoms with Gasteiger partial charge in [-0.25, -0.2) is 0 Å². The summed E-state index contributed by atoms with van der Waals surface area (Å²) in [6.45, 7) is 3.78. The Hall–Kier alpha value is -2.36. The van der Waals surface area contributed by atoms with E-state index < -0.39 is 12.0 Å². The van der Waals surface area contributed by atoms with E-state index in [0.717, 1.165) is 22.8 Å². The highest BCUT2D eigenvalue weighted by molar-refractivity contribution is 5.84. The highest BCUT2D eigenvalue weighted by atomic mass is 16.4. The summed E-state index contributed by atoms with van der Waals surface area (Å²) in [6.07, 6.45) is 0.601. The molecule has 2 atom stereocenters. The Morgan fingerprint density at radius 2 is 1.82 bits per heavy atom. The van der Waals surface area contributed by atoms with Crippen LogP contribution in [0.2, 0.25) is 0 Å². The van der Waals surface area contributed by atoms with Gasteiger partial charge in [0.25, 0.3) is 0 Å². The summed E-state index contributed by atoms with van der Waals surface area (Å²) in [5.41, 5.74) is 0.817. The van der Waals surface area contributed by atoms with Crippen LogP contribution in [0.25, 0.3) is 10.8 Å². The molecule has 0 spiro atoms. The maximum absolute atomic E-state index is 12.1. The Kier molecular flexibility index (Phi) is 5.15. The first-order valence-corrected chi connectivity index (χ1v) is 7.52. The van der Waals surface area contributed by atoms with Crippen LogP contribution in [-0.4, -0.2) is 17.0 Å². The average molecular weight is 299 g/mol. The highest BCUT2D eigenvalue weighted by Crippen LogP contribution is 2.23. The van der Waals surface area contributed by atoms with Crippen LogP contribution < -0.4 is 5.32 Å². The number of fused-ring (bicyclic) bond motifs is 1. The molecule has 0 bridgehead atoms. The van der Waals surface area contributed by atoms with Crippen LogP contribution in [0, 0.1) is 5.92 Å². The molecule has 2 rings (SSSR count). The molecule has 0 aliphatic heterocycles. The van der Waals surface area contributed by atoms with Crippen molar-refractivity contribution in [3.05, 3.63) is 48.0 Å². The quantitative estimate of drug-likeness (QED) is 0.857. The van der Waals surface area contributed by atoms with Gasteiger partial charge in [0.1, 0.15) is 0 Å². The fourth-order valence-corrected chi connectivity index (χ4v) is 2.35. The van der Waals surface area contributed by atoms with Gasteiger partial charge in [0.2, 0.25) is 5.91 Å². The molecule has 0 heterocycles. The predicted molar refractivity (Wildman–Crippen MR) is 86.5 cm³/mol. The molecule has 2 aromatic rings. The van der Waals surface area contributed by atoms with Crippen molar-refractivity contribution in [3.8, 4) is 0 Å². The Morgan fingerprint density at radius 1 is 1.14 bits per heavy atom. The van der Waals surface area contributed by atoms with E-state index in [1.807, 2.05) is 56.3 Å². The fourth-order valence-electron chi connectivity index (χ4n) is 2.35. The monoisotopic (exact) mass is 299 g/mol. The van der Waals surface area contributed by atoms with Crippen molar-refractivity contribution in [2.75, 3.05) is 0 Å². The van der Waals surface area contributed by atoms with Crippen molar-refractivity contribution in [1.82, 2.24) is 5.32 Å². The molecule has 2 N–H and O–H groups in total. The van der Waals surface area contributed by atoms with Gasteiger partial charge in [0.05, 0.1) is 12.5 Å². The van der Waals surface area contributed by atoms with Crippen molar-refractivity contribution in [2.45, 2.75) is 32.7 Å². The third-order valence-corrected chi connectivity index (χ3v) is 3.93. The van der Waals surface area contributed by atoms with Crippen molar-refractivity contribution in [2.24, 2.45) is 5.92 Å².